The number of aromatic nitrogens is 2. The van der Waals surface area contributed by atoms with Crippen molar-refractivity contribution in [1.29, 1.82) is 0 Å². The highest BCUT2D eigenvalue weighted by atomic mass is 32.2. The van der Waals surface area contributed by atoms with Crippen molar-refractivity contribution < 1.29 is 21.6 Å². The fourth-order valence-corrected chi connectivity index (χ4v) is 3.81. The van der Waals surface area contributed by atoms with Gasteiger partial charge in [0.25, 0.3) is 0 Å². The van der Waals surface area contributed by atoms with Gasteiger partial charge in [-0.25, -0.2) is 18.1 Å². The summed E-state index contributed by atoms with van der Waals surface area (Å²) in [7, 11) is -3.65. The predicted octanol–water partition coefficient (Wildman–Crippen LogP) is 3.17. The van der Waals surface area contributed by atoms with Crippen molar-refractivity contribution in [3.8, 4) is 0 Å². The number of nitrogens with zero attached hydrogens (tertiary/aromatic N) is 2. The Morgan fingerprint density at radius 3 is 2.35 bits per heavy atom. The summed E-state index contributed by atoms with van der Waals surface area (Å²) in [5.74, 6) is -1.27. The topological polar surface area (TPSA) is 64.0 Å². The summed E-state index contributed by atoms with van der Waals surface area (Å²) in [6, 6.07) is 14.8. The minimum Gasteiger partial charge on any atom is -0.319 e. The van der Waals surface area contributed by atoms with E-state index >= 15 is 0 Å². The lowest BCUT2D eigenvalue weighted by Gasteiger charge is -2.12. The molecule has 1 aromatic heterocycles. The molecule has 9 heteroatoms. The lowest BCUT2D eigenvalue weighted by atomic mass is 10.2. The minimum absolute atomic E-state index is 0.168. The quantitative estimate of drug-likeness (QED) is 0.711. The molecule has 0 bridgehead atoms. The number of hydrogen-bond donors (Lipinski definition) is 1. The lowest BCUT2D eigenvalue weighted by molar-refractivity contribution is -0.146. The molecule has 138 valence electrons. The van der Waals surface area contributed by atoms with Gasteiger partial charge < -0.3 is 4.57 Å². The van der Waals surface area contributed by atoms with E-state index in [1.165, 1.54) is 12.1 Å². The van der Waals surface area contributed by atoms with E-state index in [0.29, 0.717) is 11.1 Å². The molecule has 0 spiro atoms. The Labute approximate surface area is 148 Å². The van der Waals surface area contributed by atoms with Gasteiger partial charge in [-0.05, 0) is 17.7 Å². The highest BCUT2D eigenvalue weighted by molar-refractivity contribution is 7.88. The molecule has 0 fully saturated rings. The maximum Gasteiger partial charge on any atom is 0.449 e. The molecule has 0 radical (unpaired) electrons. The maximum absolute atomic E-state index is 13.2. The zero-order chi connectivity index (χ0) is 18.8. The van der Waals surface area contributed by atoms with Crippen LogP contribution in [0.15, 0.2) is 54.6 Å². The number of rotatable bonds is 6. The van der Waals surface area contributed by atoms with Gasteiger partial charge >= 0.3 is 6.18 Å². The van der Waals surface area contributed by atoms with E-state index in [2.05, 4.69) is 9.71 Å². The monoisotopic (exact) mass is 383 g/mol. The first-order valence-corrected chi connectivity index (χ1v) is 9.45. The Morgan fingerprint density at radius 1 is 1.00 bits per heavy atom. The number of para-hydroxylation sites is 2. The first-order chi connectivity index (χ1) is 12.3. The molecule has 0 saturated carbocycles. The second-order valence-electron chi connectivity index (χ2n) is 5.71. The van der Waals surface area contributed by atoms with Gasteiger partial charge in [-0.15, -0.1) is 0 Å². The summed E-state index contributed by atoms with van der Waals surface area (Å²) in [5.41, 5.74) is 1.12. The standard InChI is InChI=1S/C17H16F3N3O2S/c18-17(19,20)16-22-14-8-4-5-9-15(14)23(16)11-10-21-26(24,25)12-13-6-2-1-3-7-13/h1-9,21H,10-12H2. The van der Waals surface area contributed by atoms with E-state index in [0.717, 1.165) is 4.57 Å². The van der Waals surface area contributed by atoms with Crippen molar-refractivity contribution in [3.05, 3.63) is 66.0 Å². The summed E-state index contributed by atoms with van der Waals surface area (Å²) in [5, 5.41) is 0. The van der Waals surface area contributed by atoms with E-state index in [1.54, 1.807) is 42.5 Å². The van der Waals surface area contributed by atoms with Crippen LogP contribution in [0.3, 0.4) is 0 Å². The number of imidazole rings is 1. The first-order valence-electron chi connectivity index (χ1n) is 7.80. The van der Waals surface area contributed by atoms with Crippen LogP contribution in [0.25, 0.3) is 11.0 Å². The first kappa shape index (κ1) is 18.4. The molecule has 3 aromatic rings. The number of benzene rings is 2. The number of halogens is 3. The van der Waals surface area contributed by atoms with Gasteiger partial charge in [0.05, 0.1) is 16.8 Å². The van der Waals surface area contributed by atoms with Crippen LogP contribution in [-0.2, 0) is 28.5 Å². The molecular formula is C17H16F3N3O2S. The highest BCUT2D eigenvalue weighted by Crippen LogP contribution is 2.31. The van der Waals surface area contributed by atoms with Crippen molar-refractivity contribution in [2.75, 3.05) is 6.54 Å². The number of alkyl halides is 3. The Hall–Kier alpha value is -2.39. The number of nitrogens with one attached hydrogen (secondary N) is 1. The van der Waals surface area contributed by atoms with Gasteiger partial charge in [0.2, 0.25) is 15.8 Å². The normalized spacial score (nSPS) is 12.6. The summed E-state index contributed by atoms with van der Waals surface area (Å²) in [6.07, 6.45) is -4.62. The van der Waals surface area contributed by atoms with Gasteiger partial charge in [0.1, 0.15) is 0 Å². The molecule has 0 amide bonds. The second kappa shape index (κ2) is 7.08. The van der Waals surface area contributed by atoms with E-state index < -0.39 is 22.0 Å². The summed E-state index contributed by atoms with van der Waals surface area (Å²) < 4.78 is 67.2. The molecular weight excluding hydrogens is 367 g/mol. The molecule has 1 heterocycles. The van der Waals surface area contributed by atoms with E-state index in [9.17, 15) is 21.6 Å². The number of fused-ring (bicyclic) bond motifs is 1. The number of sulfonamides is 1. The Balaban J connectivity index is 1.75. The summed E-state index contributed by atoms with van der Waals surface area (Å²) in [6.45, 7) is -0.345. The van der Waals surface area contributed by atoms with Crippen molar-refractivity contribution in [2.24, 2.45) is 0 Å². The van der Waals surface area contributed by atoms with Gasteiger partial charge in [-0.1, -0.05) is 42.5 Å². The third kappa shape index (κ3) is 4.23. The molecule has 0 unspecified atom stereocenters. The fraction of sp³-hybridized carbons (Fsp3) is 0.235. The van der Waals surface area contributed by atoms with E-state index in [4.69, 9.17) is 0 Å². The third-order valence-corrected chi connectivity index (χ3v) is 5.12. The average Bonchev–Trinajstić information content (AvgIpc) is 2.94. The van der Waals surface area contributed by atoms with Gasteiger partial charge in [-0.3, -0.25) is 0 Å². The van der Waals surface area contributed by atoms with Crippen LogP contribution in [0.1, 0.15) is 11.4 Å². The molecule has 3 rings (SSSR count). The van der Waals surface area contributed by atoms with Gasteiger partial charge in [0.15, 0.2) is 0 Å². The molecule has 1 N–H and O–H groups in total. The van der Waals surface area contributed by atoms with Crippen LogP contribution in [-0.4, -0.2) is 24.5 Å². The zero-order valence-corrected chi connectivity index (χ0v) is 14.4. The second-order valence-corrected chi connectivity index (χ2v) is 7.52. The van der Waals surface area contributed by atoms with Gasteiger partial charge in [-0.2, -0.15) is 13.2 Å². The molecule has 0 aliphatic heterocycles. The average molecular weight is 383 g/mol. The molecule has 0 saturated heterocycles. The van der Waals surface area contributed by atoms with Crippen LogP contribution in [0, 0.1) is 0 Å². The van der Waals surface area contributed by atoms with Crippen LogP contribution in [0.2, 0.25) is 0 Å². The van der Waals surface area contributed by atoms with Gasteiger partial charge in [0, 0.05) is 13.1 Å². The molecule has 0 atom stereocenters. The summed E-state index contributed by atoms with van der Waals surface area (Å²) >= 11 is 0. The minimum atomic E-state index is -4.62. The van der Waals surface area contributed by atoms with Crippen LogP contribution >= 0.6 is 0 Å². The smallest absolute Gasteiger partial charge is 0.319 e. The fourth-order valence-electron chi connectivity index (χ4n) is 2.68. The lowest BCUT2D eigenvalue weighted by Crippen LogP contribution is -2.29. The van der Waals surface area contributed by atoms with Crippen molar-refractivity contribution >= 4 is 21.1 Å². The van der Waals surface area contributed by atoms with Crippen LogP contribution in [0.4, 0.5) is 13.2 Å². The predicted molar refractivity (Wildman–Crippen MR) is 91.8 cm³/mol. The van der Waals surface area contributed by atoms with Crippen molar-refractivity contribution in [3.63, 3.8) is 0 Å². The van der Waals surface area contributed by atoms with E-state index in [-0.39, 0.29) is 24.4 Å². The Kier molecular flexibility index (Phi) is 5.01. The third-order valence-electron chi connectivity index (χ3n) is 3.76. The Morgan fingerprint density at radius 2 is 1.65 bits per heavy atom. The molecule has 5 nitrogen and oxygen atoms in total. The molecule has 26 heavy (non-hydrogen) atoms. The zero-order valence-electron chi connectivity index (χ0n) is 13.6. The molecule has 0 aliphatic carbocycles. The maximum atomic E-state index is 13.2. The molecule has 2 aromatic carbocycles. The van der Waals surface area contributed by atoms with E-state index in [1.807, 2.05) is 0 Å². The SMILES string of the molecule is O=S(=O)(Cc1ccccc1)NCCn1c(C(F)(F)F)nc2ccccc21. The Bertz CT molecular complexity index is 999. The van der Waals surface area contributed by atoms with Crippen LogP contribution < -0.4 is 4.72 Å². The van der Waals surface area contributed by atoms with Crippen LogP contribution in [0.5, 0.6) is 0 Å². The molecule has 0 aliphatic rings. The van der Waals surface area contributed by atoms with Crippen molar-refractivity contribution in [2.45, 2.75) is 18.5 Å². The number of hydrogen-bond acceptors (Lipinski definition) is 3. The van der Waals surface area contributed by atoms with Crippen molar-refractivity contribution in [1.82, 2.24) is 14.3 Å². The highest BCUT2D eigenvalue weighted by Gasteiger charge is 2.37. The largest absolute Gasteiger partial charge is 0.449 e. The summed E-state index contributed by atoms with van der Waals surface area (Å²) in [4.78, 5) is 3.63.